The van der Waals surface area contributed by atoms with Gasteiger partial charge in [0.2, 0.25) is 0 Å². The number of benzene rings is 3. The minimum Gasteiger partial charge on any atom is -0.494 e. The van der Waals surface area contributed by atoms with Gasteiger partial charge in [0.25, 0.3) is 0 Å². The highest BCUT2D eigenvalue weighted by atomic mass is 19.4. The Kier molecular flexibility index (Phi) is 16.8. The Morgan fingerprint density at radius 2 is 0.960 bits per heavy atom. The van der Waals surface area contributed by atoms with Crippen molar-refractivity contribution in [2.75, 3.05) is 26.4 Å². The summed E-state index contributed by atoms with van der Waals surface area (Å²) in [5.74, 6) is 11.7. The lowest BCUT2D eigenvalue weighted by Crippen LogP contribution is -2.08. The summed E-state index contributed by atoms with van der Waals surface area (Å²) in [6.45, 7) is 8.50. The monoisotopic (exact) mass is 686 g/mol. The summed E-state index contributed by atoms with van der Waals surface area (Å²) in [7, 11) is 0. The van der Waals surface area contributed by atoms with E-state index < -0.39 is 23.7 Å². The summed E-state index contributed by atoms with van der Waals surface area (Å²) < 4.78 is 63.2. The number of hydrogen-bond acceptors (Lipinski definition) is 6. The molecule has 9 heteroatoms. The van der Waals surface area contributed by atoms with Crippen LogP contribution in [0.15, 0.2) is 92.0 Å². The molecule has 0 aliphatic heterocycles. The molecule has 3 rings (SSSR count). The normalized spacial score (nSPS) is 10.5. The zero-order valence-corrected chi connectivity index (χ0v) is 28.0. The molecule has 0 aliphatic rings. The van der Waals surface area contributed by atoms with Crippen molar-refractivity contribution in [1.82, 2.24) is 0 Å². The number of alkyl halides is 3. The van der Waals surface area contributed by atoms with Crippen LogP contribution in [0.3, 0.4) is 0 Å². The van der Waals surface area contributed by atoms with E-state index in [9.17, 15) is 22.8 Å². The summed E-state index contributed by atoms with van der Waals surface area (Å²) in [4.78, 5) is 22.0. The molecule has 0 N–H and O–H groups in total. The fraction of sp³-hybridized carbons (Fsp3) is 0.317. The topological polar surface area (TPSA) is 71.1 Å². The molecular formula is C41H41F3O6. The van der Waals surface area contributed by atoms with E-state index in [1.54, 1.807) is 48.5 Å². The highest BCUT2D eigenvalue weighted by Gasteiger charge is 2.33. The van der Waals surface area contributed by atoms with Crippen molar-refractivity contribution in [3.8, 4) is 35.2 Å². The fourth-order valence-electron chi connectivity index (χ4n) is 4.48. The van der Waals surface area contributed by atoms with Crippen molar-refractivity contribution in [1.29, 1.82) is 0 Å². The zero-order valence-electron chi connectivity index (χ0n) is 28.0. The SMILES string of the molecule is C=CC(=O)OCCCCCCOc1ccc(C#Cc2ccc(C#Cc3ccc(OCCCCCCOC(=O)C=C)cc3)c(C(F)(F)F)c2)cc1. The van der Waals surface area contributed by atoms with Crippen LogP contribution in [0.2, 0.25) is 0 Å². The second-order valence-corrected chi connectivity index (χ2v) is 11.1. The second-order valence-electron chi connectivity index (χ2n) is 11.1. The van der Waals surface area contributed by atoms with Gasteiger partial charge in [0.05, 0.1) is 32.0 Å². The highest BCUT2D eigenvalue weighted by Crippen LogP contribution is 2.32. The fourth-order valence-corrected chi connectivity index (χ4v) is 4.48. The number of esters is 2. The Hall–Kier alpha value is -5.41. The lowest BCUT2D eigenvalue weighted by Gasteiger charge is -2.09. The molecule has 0 saturated heterocycles. The first kappa shape index (κ1) is 39.0. The van der Waals surface area contributed by atoms with E-state index in [0.29, 0.717) is 49.1 Å². The van der Waals surface area contributed by atoms with E-state index in [2.05, 4.69) is 36.8 Å². The molecule has 0 amide bonds. The third-order valence-corrected chi connectivity index (χ3v) is 7.16. The third kappa shape index (κ3) is 15.2. The first-order valence-corrected chi connectivity index (χ1v) is 16.5. The van der Waals surface area contributed by atoms with Crippen LogP contribution in [0.25, 0.3) is 0 Å². The smallest absolute Gasteiger partial charge is 0.417 e. The molecule has 0 heterocycles. The van der Waals surface area contributed by atoms with Crippen LogP contribution in [0.4, 0.5) is 13.2 Å². The van der Waals surface area contributed by atoms with Crippen molar-refractivity contribution in [2.45, 2.75) is 57.5 Å². The van der Waals surface area contributed by atoms with E-state index in [-0.39, 0.29) is 11.1 Å². The van der Waals surface area contributed by atoms with Gasteiger partial charge in [-0.2, -0.15) is 13.2 Å². The molecule has 0 atom stereocenters. The van der Waals surface area contributed by atoms with Crippen molar-refractivity contribution in [2.24, 2.45) is 0 Å². The lowest BCUT2D eigenvalue weighted by atomic mass is 10.0. The van der Waals surface area contributed by atoms with Crippen LogP contribution in [0, 0.1) is 23.7 Å². The quantitative estimate of drug-likeness (QED) is 0.0577. The zero-order chi connectivity index (χ0) is 36.0. The van der Waals surface area contributed by atoms with Gasteiger partial charge in [0.1, 0.15) is 11.5 Å². The number of halogens is 3. The van der Waals surface area contributed by atoms with Gasteiger partial charge in [-0.05, 0) is 118 Å². The molecule has 3 aromatic rings. The van der Waals surface area contributed by atoms with Crippen molar-refractivity contribution in [3.05, 3.63) is 120 Å². The van der Waals surface area contributed by atoms with Crippen LogP contribution >= 0.6 is 0 Å². The maximum absolute atomic E-state index is 14.0. The molecule has 0 fully saturated rings. The molecule has 6 nitrogen and oxygen atoms in total. The van der Waals surface area contributed by atoms with Crippen molar-refractivity contribution < 1.29 is 41.7 Å². The second kappa shape index (κ2) is 21.5. The number of hydrogen-bond donors (Lipinski definition) is 0. The Balaban J connectivity index is 1.47. The van der Waals surface area contributed by atoms with Crippen LogP contribution in [-0.2, 0) is 25.2 Å². The summed E-state index contributed by atoms with van der Waals surface area (Å²) in [5, 5.41) is 0. The summed E-state index contributed by atoms with van der Waals surface area (Å²) in [6, 6.07) is 17.8. The van der Waals surface area contributed by atoms with Gasteiger partial charge < -0.3 is 18.9 Å². The van der Waals surface area contributed by atoms with Gasteiger partial charge in [0.15, 0.2) is 0 Å². The van der Waals surface area contributed by atoms with Crippen LogP contribution in [0.5, 0.6) is 11.5 Å². The Labute approximate surface area is 292 Å². The number of rotatable bonds is 18. The lowest BCUT2D eigenvalue weighted by molar-refractivity contribution is -0.138. The third-order valence-electron chi connectivity index (χ3n) is 7.16. The molecule has 0 saturated carbocycles. The first-order chi connectivity index (χ1) is 24.2. The molecule has 0 unspecified atom stereocenters. The summed E-state index contributed by atoms with van der Waals surface area (Å²) in [6.07, 6.45) is 4.60. The molecular weight excluding hydrogens is 645 g/mol. The van der Waals surface area contributed by atoms with Gasteiger partial charge in [0, 0.05) is 34.4 Å². The average molecular weight is 687 g/mol. The molecule has 50 heavy (non-hydrogen) atoms. The molecule has 0 aromatic heterocycles. The molecule has 0 spiro atoms. The summed E-state index contributed by atoms with van der Waals surface area (Å²) >= 11 is 0. The van der Waals surface area contributed by atoms with E-state index in [1.807, 2.05) is 0 Å². The van der Waals surface area contributed by atoms with Gasteiger partial charge in [-0.25, -0.2) is 9.59 Å². The minimum absolute atomic E-state index is 0.139. The molecule has 0 aliphatic carbocycles. The van der Waals surface area contributed by atoms with Gasteiger partial charge in [-0.15, -0.1) is 0 Å². The van der Waals surface area contributed by atoms with E-state index in [4.69, 9.17) is 18.9 Å². The van der Waals surface area contributed by atoms with Gasteiger partial charge >= 0.3 is 18.1 Å². The number of carbonyl (C=O) groups is 2. The largest absolute Gasteiger partial charge is 0.494 e. The predicted octanol–water partition coefficient (Wildman–Crippen LogP) is 8.84. The van der Waals surface area contributed by atoms with E-state index in [0.717, 1.165) is 69.6 Å². The average Bonchev–Trinajstić information content (AvgIpc) is 3.12. The standard InChI is InChI=1S/C41H41F3O6/c1-3-39(45)49-29-11-7-5-9-27-47-36-23-17-32(18-24-36)13-14-34-16-22-35(38(31-34)41(42,43)44)21-15-33-19-25-37(26-20-33)48-28-10-6-8-12-30-50-40(46)4-2/h3-4,16-20,22-26,31H,1-2,5-12,27-30H2. The Morgan fingerprint density at radius 3 is 1.40 bits per heavy atom. The Bertz CT molecular complexity index is 1670. The van der Waals surface area contributed by atoms with E-state index >= 15 is 0 Å². The van der Waals surface area contributed by atoms with Crippen LogP contribution in [-0.4, -0.2) is 38.4 Å². The van der Waals surface area contributed by atoms with Crippen LogP contribution in [0.1, 0.15) is 79.2 Å². The Morgan fingerprint density at radius 1 is 0.560 bits per heavy atom. The van der Waals surface area contributed by atoms with E-state index in [1.165, 1.54) is 12.1 Å². The first-order valence-electron chi connectivity index (χ1n) is 16.5. The molecule has 3 aromatic carbocycles. The van der Waals surface area contributed by atoms with Gasteiger partial charge in [-0.1, -0.05) is 36.8 Å². The van der Waals surface area contributed by atoms with Crippen molar-refractivity contribution >= 4 is 11.9 Å². The van der Waals surface area contributed by atoms with Gasteiger partial charge in [-0.3, -0.25) is 0 Å². The van der Waals surface area contributed by atoms with Crippen LogP contribution < -0.4 is 9.47 Å². The molecule has 0 radical (unpaired) electrons. The maximum Gasteiger partial charge on any atom is 0.417 e. The number of ether oxygens (including phenoxy) is 4. The minimum atomic E-state index is -4.60. The summed E-state index contributed by atoms with van der Waals surface area (Å²) in [5.41, 5.74) is 0.428. The molecule has 0 bridgehead atoms. The maximum atomic E-state index is 14.0. The number of carbonyl (C=O) groups excluding carboxylic acids is 2. The predicted molar refractivity (Wildman–Crippen MR) is 187 cm³/mol. The number of unbranched alkanes of at least 4 members (excludes halogenated alkanes) is 6. The van der Waals surface area contributed by atoms with Crippen molar-refractivity contribution in [3.63, 3.8) is 0 Å². The molecule has 262 valence electrons. The highest BCUT2D eigenvalue weighted by molar-refractivity contribution is 5.81.